The molecule has 1 saturated heterocycles. The standard InChI is InChI=1S/C9H18N2O2S/c1-7(10)9(12)11(2)8-3-5-14(13)6-4-8/h7-8H,3-6,10H2,1-2H3/t7-,8?,14?/m0/s1. The van der Waals surface area contributed by atoms with Gasteiger partial charge < -0.3 is 10.6 Å². The van der Waals surface area contributed by atoms with Gasteiger partial charge in [-0.25, -0.2) is 0 Å². The Kier molecular flexibility index (Phi) is 4.07. The fraction of sp³-hybridized carbons (Fsp3) is 0.889. The highest BCUT2D eigenvalue weighted by atomic mass is 32.2. The molecule has 0 spiro atoms. The molecule has 82 valence electrons. The third kappa shape index (κ3) is 2.78. The van der Waals surface area contributed by atoms with Crippen LogP contribution in [0.5, 0.6) is 0 Å². The number of nitrogens with two attached hydrogens (primary N) is 1. The summed E-state index contributed by atoms with van der Waals surface area (Å²) in [5.74, 6) is 1.39. The Morgan fingerprint density at radius 3 is 2.43 bits per heavy atom. The smallest absolute Gasteiger partial charge is 0.239 e. The molecule has 1 fully saturated rings. The molecule has 1 amide bonds. The second-order valence-corrected chi connectivity index (χ2v) is 5.51. The molecule has 0 saturated carbocycles. The largest absolute Gasteiger partial charge is 0.341 e. The second kappa shape index (κ2) is 4.89. The lowest BCUT2D eigenvalue weighted by molar-refractivity contribution is -0.133. The van der Waals surface area contributed by atoms with Gasteiger partial charge in [-0.05, 0) is 19.8 Å². The first kappa shape index (κ1) is 11.7. The van der Waals surface area contributed by atoms with Crippen LogP contribution < -0.4 is 5.73 Å². The van der Waals surface area contributed by atoms with E-state index in [0.29, 0.717) is 11.5 Å². The molecule has 0 aromatic carbocycles. The van der Waals surface area contributed by atoms with Crippen molar-refractivity contribution in [3.8, 4) is 0 Å². The Hall–Kier alpha value is -0.420. The fourth-order valence-electron chi connectivity index (χ4n) is 1.67. The van der Waals surface area contributed by atoms with E-state index >= 15 is 0 Å². The van der Waals surface area contributed by atoms with E-state index < -0.39 is 16.8 Å². The predicted octanol–water partition coefficient (Wildman–Crippen LogP) is -0.297. The zero-order valence-electron chi connectivity index (χ0n) is 8.73. The van der Waals surface area contributed by atoms with Crippen molar-refractivity contribution in [3.05, 3.63) is 0 Å². The fourth-order valence-corrected chi connectivity index (χ4v) is 2.94. The maximum atomic E-state index is 11.5. The molecular formula is C9H18N2O2S. The van der Waals surface area contributed by atoms with Crippen molar-refractivity contribution in [2.75, 3.05) is 18.6 Å². The van der Waals surface area contributed by atoms with Crippen molar-refractivity contribution >= 4 is 16.7 Å². The van der Waals surface area contributed by atoms with Crippen LogP contribution in [0.1, 0.15) is 19.8 Å². The number of likely N-dealkylation sites (N-methyl/N-ethyl adjacent to an activating group) is 1. The SMILES string of the molecule is C[C@H](N)C(=O)N(C)C1CCS(=O)CC1. The molecule has 1 aliphatic rings. The molecule has 0 aliphatic carbocycles. The van der Waals surface area contributed by atoms with Gasteiger partial charge in [0.2, 0.25) is 5.91 Å². The first-order valence-corrected chi connectivity index (χ1v) is 6.38. The third-order valence-electron chi connectivity index (χ3n) is 2.64. The topological polar surface area (TPSA) is 63.4 Å². The van der Waals surface area contributed by atoms with Crippen molar-refractivity contribution in [2.45, 2.75) is 31.8 Å². The van der Waals surface area contributed by atoms with Crippen LogP contribution in [-0.2, 0) is 15.6 Å². The number of nitrogens with zero attached hydrogens (tertiary/aromatic N) is 1. The summed E-state index contributed by atoms with van der Waals surface area (Å²) in [5.41, 5.74) is 5.52. The van der Waals surface area contributed by atoms with E-state index in [9.17, 15) is 9.00 Å². The van der Waals surface area contributed by atoms with Crippen LogP contribution in [0.15, 0.2) is 0 Å². The average molecular weight is 218 g/mol. The normalized spacial score (nSPS) is 29.6. The summed E-state index contributed by atoms with van der Waals surface area (Å²) in [6.07, 6.45) is 1.67. The summed E-state index contributed by atoms with van der Waals surface area (Å²) in [5, 5.41) is 0. The van der Waals surface area contributed by atoms with Crippen molar-refractivity contribution < 1.29 is 9.00 Å². The Bertz CT molecular complexity index is 233. The molecule has 4 nitrogen and oxygen atoms in total. The van der Waals surface area contributed by atoms with Gasteiger partial charge in [-0.1, -0.05) is 0 Å². The second-order valence-electron chi connectivity index (χ2n) is 3.82. The minimum absolute atomic E-state index is 0.0253. The van der Waals surface area contributed by atoms with Crippen molar-refractivity contribution in [1.29, 1.82) is 0 Å². The van der Waals surface area contributed by atoms with E-state index in [1.165, 1.54) is 0 Å². The molecule has 0 bridgehead atoms. The highest BCUT2D eigenvalue weighted by Crippen LogP contribution is 2.15. The lowest BCUT2D eigenvalue weighted by Crippen LogP contribution is -2.47. The number of carbonyl (C=O) groups is 1. The van der Waals surface area contributed by atoms with Gasteiger partial charge in [-0.3, -0.25) is 9.00 Å². The Morgan fingerprint density at radius 1 is 1.50 bits per heavy atom. The molecule has 1 atom stereocenters. The van der Waals surface area contributed by atoms with E-state index in [0.717, 1.165) is 12.8 Å². The maximum absolute atomic E-state index is 11.5. The molecule has 5 heteroatoms. The summed E-state index contributed by atoms with van der Waals surface area (Å²) in [4.78, 5) is 13.3. The lowest BCUT2D eigenvalue weighted by atomic mass is 10.1. The molecule has 1 heterocycles. The van der Waals surface area contributed by atoms with Crippen LogP contribution in [0, 0.1) is 0 Å². The Morgan fingerprint density at radius 2 is 2.00 bits per heavy atom. The van der Waals surface area contributed by atoms with Gasteiger partial charge in [0.1, 0.15) is 0 Å². The van der Waals surface area contributed by atoms with Gasteiger partial charge in [0.05, 0.1) is 6.04 Å². The van der Waals surface area contributed by atoms with E-state index in [-0.39, 0.29) is 11.9 Å². The number of carbonyl (C=O) groups excluding carboxylic acids is 1. The van der Waals surface area contributed by atoms with Gasteiger partial charge in [0.25, 0.3) is 0 Å². The third-order valence-corrected chi connectivity index (χ3v) is 4.02. The van der Waals surface area contributed by atoms with Crippen LogP contribution in [0.3, 0.4) is 0 Å². The molecule has 0 aromatic rings. The van der Waals surface area contributed by atoms with Crippen molar-refractivity contribution in [1.82, 2.24) is 4.90 Å². The first-order chi connectivity index (χ1) is 6.52. The highest BCUT2D eigenvalue weighted by molar-refractivity contribution is 7.85. The molecule has 1 aliphatic heterocycles. The predicted molar refractivity (Wildman–Crippen MR) is 57.3 cm³/mol. The summed E-state index contributed by atoms with van der Waals surface area (Å²) in [7, 11) is 1.11. The van der Waals surface area contributed by atoms with Crippen LogP contribution >= 0.6 is 0 Å². The van der Waals surface area contributed by atoms with E-state index in [2.05, 4.69) is 0 Å². The lowest BCUT2D eigenvalue weighted by Gasteiger charge is -2.31. The quantitative estimate of drug-likeness (QED) is 0.692. The molecule has 0 radical (unpaired) electrons. The van der Waals surface area contributed by atoms with Crippen LogP contribution in [0.2, 0.25) is 0 Å². The number of hydrogen-bond acceptors (Lipinski definition) is 3. The van der Waals surface area contributed by atoms with Gasteiger partial charge in [-0.2, -0.15) is 0 Å². The zero-order valence-corrected chi connectivity index (χ0v) is 9.55. The van der Waals surface area contributed by atoms with Crippen LogP contribution in [0.25, 0.3) is 0 Å². The van der Waals surface area contributed by atoms with Crippen LogP contribution in [-0.4, -0.2) is 45.7 Å². The summed E-state index contributed by atoms with van der Waals surface area (Å²) in [6.45, 7) is 1.69. The maximum Gasteiger partial charge on any atom is 0.239 e. The average Bonchev–Trinajstić information content (AvgIpc) is 2.16. The summed E-state index contributed by atoms with van der Waals surface area (Å²) < 4.78 is 11.1. The summed E-state index contributed by atoms with van der Waals surface area (Å²) in [6, 6.07) is -0.210. The van der Waals surface area contributed by atoms with Gasteiger partial charge in [-0.15, -0.1) is 0 Å². The van der Waals surface area contributed by atoms with Gasteiger partial charge in [0.15, 0.2) is 0 Å². The zero-order chi connectivity index (χ0) is 10.7. The minimum atomic E-state index is -0.671. The number of amides is 1. The molecule has 14 heavy (non-hydrogen) atoms. The van der Waals surface area contributed by atoms with E-state index in [1.54, 1.807) is 18.9 Å². The highest BCUT2D eigenvalue weighted by Gasteiger charge is 2.25. The van der Waals surface area contributed by atoms with E-state index in [1.807, 2.05) is 0 Å². The molecule has 0 unspecified atom stereocenters. The van der Waals surface area contributed by atoms with Crippen molar-refractivity contribution in [3.63, 3.8) is 0 Å². The molecule has 2 N–H and O–H groups in total. The number of rotatable bonds is 2. The Balaban J connectivity index is 2.49. The molecular weight excluding hydrogens is 200 g/mol. The number of hydrogen-bond donors (Lipinski definition) is 1. The molecule has 1 rings (SSSR count). The molecule has 0 aromatic heterocycles. The first-order valence-electron chi connectivity index (χ1n) is 4.89. The monoisotopic (exact) mass is 218 g/mol. The van der Waals surface area contributed by atoms with Crippen LogP contribution in [0.4, 0.5) is 0 Å². The van der Waals surface area contributed by atoms with Crippen molar-refractivity contribution in [2.24, 2.45) is 5.73 Å². The summed E-state index contributed by atoms with van der Waals surface area (Å²) >= 11 is 0. The van der Waals surface area contributed by atoms with Gasteiger partial charge >= 0.3 is 0 Å². The Labute approximate surface area is 87.3 Å². The van der Waals surface area contributed by atoms with E-state index in [4.69, 9.17) is 5.73 Å². The van der Waals surface area contributed by atoms with Gasteiger partial charge in [0, 0.05) is 35.4 Å². The minimum Gasteiger partial charge on any atom is -0.341 e.